The molecule has 0 spiro atoms. The third kappa shape index (κ3) is 4.59. The Balaban J connectivity index is 1.64. The molecule has 0 radical (unpaired) electrons. The molecule has 27 heavy (non-hydrogen) atoms. The van der Waals surface area contributed by atoms with Gasteiger partial charge in [-0.25, -0.2) is 4.39 Å². The van der Waals surface area contributed by atoms with Gasteiger partial charge in [0.25, 0.3) is 5.91 Å². The first-order chi connectivity index (χ1) is 13.0. The van der Waals surface area contributed by atoms with Crippen molar-refractivity contribution in [1.29, 1.82) is 0 Å². The third-order valence-electron chi connectivity index (χ3n) is 5.18. The van der Waals surface area contributed by atoms with Crippen LogP contribution >= 0.6 is 0 Å². The summed E-state index contributed by atoms with van der Waals surface area (Å²) in [4.78, 5) is 14.8. The van der Waals surface area contributed by atoms with E-state index in [1.807, 2.05) is 19.1 Å². The van der Waals surface area contributed by atoms with Crippen LogP contribution in [0.15, 0.2) is 42.5 Å². The lowest BCUT2D eigenvalue weighted by Crippen LogP contribution is -2.34. The van der Waals surface area contributed by atoms with E-state index in [9.17, 15) is 9.18 Å². The quantitative estimate of drug-likeness (QED) is 0.839. The molecule has 5 heteroatoms. The molecule has 1 heterocycles. The van der Waals surface area contributed by atoms with Gasteiger partial charge in [-0.1, -0.05) is 19.1 Å². The minimum atomic E-state index is -0.544. The van der Waals surface area contributed by atoms with Gasteiger partial charge in [0.1, 0.15) is 0 Å². The van der Waals surface area contributed by atoms with Crippen LogP contribution in [0, 0.1) is 11.7 Å². The Kier molecular flexibility index (Phi) is 5.99. The minimum Gasteiger partial charge on any atom is -0.494 e. The summed E-state index contributed by atoms with van der Waals surface area (Å²) in [5.41, 5.74) is 2.52. The minimum absolute atomic E-state index is 0.127. The molecule has 1 aliphatic heterocycles. The number of ether oxygens (including phenoxy) is 1. The first kappa shape index (κ1) is 19.2. The maximum absolute atomic E-state index is 13.8. The summed E-state index contributed by atoms with van der Waals surface area (Å²) in [5, 5.41) is 2.92. The van der Waals surface area contributed by atoms with E-state index in [1.54, 1.807) is 6.07 Å². The molecule has 2 aromatic carbocycles. The van der Waals surface area contributed by atoms with Crippen molar-refractivity contribution < 1.29 is 13.9 Å². The van der Waals surface area contributed by atoms with Crippen LogP contribution in [-0.2, 0) is 0 Å². The number of hydrogen-bond acceptors (Lipinski definition) is 3. The molecule has 0 bridgehead atoms. The number of halogens is 1. The van der Waals surface area contributed by atoms with Crippen LogP contribution in [0.2, 0.25) is 0 Å². The lowest BCUT2D eigenvalue weighted by atomic mass is 9.99. The Labute approximate surface area is 160 Å². The number of nitrogens with zero attached hydrogens (tertiary/aromatic N) is 1. The van der Waals surface area contributed by atoms with Gasteiger partial charge in [0, 0.05) is 24.3 Å². The van der Waals surface area contributed by atoms with Crippen LogP contribution in [0.1, 0.15) is 48.7 Å². The van der Waals surface area contributed by atoms with Crippen LogP contribution in [0.5, 0.6) is 5.75 Å². The van der Waals surface area contributed by atoms with Gasteiger partial charge in [-0.05, 0) is 61.6 Å². The average Bonchev–Trinajstić information content (AvgIpc) is 2.68. The largest absolute Gasteiger partial charge is 0.494 e. The molecule has 1 N–H and O–H groups in total. The fourth-order valence-electron chi connectivity index (χ4n) is 3.57. The molecule has 2 atom stereocenters. The van der Waals surface area contributed by atoms with Crippen molar-refractivity contribution in [1.82, 2.24) is 5.32 Å². The van der Waals surface area contributed by atoms with Gasteiger partial charge in [0.15, 0.2) is 11.6 Å². The Morgan fingerprint density at radius 2 is 2.00 bits per heavy atom. The lowest BCUT2D eigenvalue weighted by Gasteiger charge is -2.33. The number of carbonyl (C=O) groups excluding carboxylic acids is 1. The number of hydrogen-bond donors (Lipinski definition) is 1. The van der Waals surface area contributed by atoms with E-state index in [0.29, 0.717) is 0 Å². The molecule has 1 amide bonds. The predicted molar refractivity (Wildman–Crippen MR) is 106 cm³/mol. The third-order valence-corrected chi connectivity index (χ3v) is 5.18. The highest BCUT2D eigenvalue weighted by Crippen LogP contribution is 2.25. The van der Waals surface area contributed by atoms with Crippen LogP contribution in [0.25, 0.3) is 0 Å². The van der Waals surface area contributed by atoms with Gasteiger partial charge in [0.2, 0.25) is 0 Å². The summed E-state index contributed by atoms with van der Waals surface area (Å²) in [7, 11) is 1.40. The fourth-order valence-corrected chi connectivity index (χ4v) is 3.57. The monoisotopic (exact) mass is 370 g/mol. The van der Waals surface area contributed by atoms with Crippen LogP contribution in [-0.4, -0.2) is 26.1 Å². The summed E-state index contributed by atoms with van der Waals surface area (Å²) >= 11 is 0. The molecule has 0 unspecified atom stereocenters. The van der Waals surface area contributed by atoms with Gasteiger partial charge in [-0.3, -0.25) is 4.79 Å². The molecule has 0 saturated carbocycles. The van der Waals surface area contributed by atoms with Gasteiger partial charge in [-0.2, -0.15) is 0 Å². The Morgan fingerprint density at radius 1 is 1.26 bits per heavy atom. The molecule has 4 nitrogen and oxygen atoms in total. The predicted octanol–water partition coefficient (Wildman–Crippen LogP) is 4.56. The van der Waals surface area contributed by atoms with E-state index >= 15 is 0 Å². The van der Waals surface area contributed by atoms with E-state index in [1.165, 1.54) is 37.8 Å². The van der Waals surface area contributed by atoms with Gasteiger partial charge in [-0.15, -0.1) is 0 Å². The van der Waals surface area contributed by atoms with Crippen molar-refractivity contribution in [2.75, 3.05) is 25.1 Å². The summed E-state index contributed by atoms with van der Waals surface area (Å²) in [6.07, 6.45) is 2.53. The number of anilines is 1. The van der Waals surface area contributed by atoms with Crippen molar-refractivity contribution in [2.24, 2.45) is 5.92 Å². The summed E-state index contributed by atoms with van der Waals surface area (Å²) in [6, 6.07) is 12.4. The number of piperidine rings is 1. The molecular formula is C22H27FN2O2. The molecule has 0 aromatic heterocycles. The highest BCUT2D eigenvalue weighted by molar-refractivity contribution is 5.94. The molecular weight excluding hydrogens is 343 g/mol. The van der Waals surface area contributed by atoms with Gasteiger partial charge in [0.05, 0.1) is 13.2 Å². The number of methoxy groups -OCH3 is 1. The SMILES string of the molecule is COc1ccc(C(=O)N[C@@H](C)c2ccc(N3CCC[C@@H](C)C3)cc2)cc1F. The highest BCUT2D eigenvalue weighted by Gasteiger charge is 2.17. The molecule has 0 aliphatic carbocycles. The summed E-state index contributed by atoms with van der Waals surface area (Å²) in [5.74, 6) is -0.000325. The van der Waals surface area contributed by atoms with Crippen molar-refractivity contribution in [3.05, 3.63) is 59.4 Å². The standard InChI is InChI=1S/C22H27FN2O2/c1-15-5-4-12-25(14-15)19-9-6-17(7-10-19)16(2)24-22(26)18-8-11-21(27-3)20(23)13-18/h6-11,13,15-16H,4-5,12,14H2,1-3H3,(H,24,26)/t15-,16+/m1/s1. The lowest BCUT2D eigenvalue weighted by molar-refractivity contribution is 0.0939. The Bertz CT molecular complexity index is 791. The summed E-state index contributed by atoms with van der Waals surface area (Å²) in [6.45, 7) is 6.41. The maximum Gasteiger partial charge on any atom is 0.251 e. The van der Waals surface area contributed by atoms with Crippen molar-refractivity contribution in [3.63, 3.8) is 0 Å². The summed E-state index contributed by atoms with van der Waals surface area (Å²) < 4.78 is 18.7. The Morgan fingerprint density at radius 3 is 2.63 bits per heavy atom. The van der Waals surface area contributed by atoms with E-state index in [2.05, 4.69) is 29.3 Å². The molecule has 144 valence electrons. The van der Waals surface area contributed by atoms with Gasteiger partial charge < -0.3 is 15.0 Å². The zero-order chi connectivity index (χ0) is 19.4. The first-order valence-electron chi connectivity index (χ1n) is 9.47. The smallest absolute Gasteiger partial charge is 0.251 e. The first-order valence-corrected chi connectivity index (χ1v) is 9.47. The van der Waals surface area contributed by atoms with Crippen molar-refractivity contribution in [2.45, 2.75) is 32.7 Å². The zero-order valence-corrected chi connectivity index (χ0v) is 16.2. The topological polar surface area (TPSA) is 41.6 Å². The van der Waals surface area contributed by atoms with Crippen LogP contribution in [0.3, 0.4) is 0 Å². The second-order valence-electron chi connectivity index (χ2n) is 7.33. The second-order valence-corrected chi connectivity index (χ2v) is 7.33. The van der Waals surface area contributed by atoms with E-state index in [-0.39, 0.29) is 23.3 Å². The van der Waals surface area contributed by atoms with Gasteiger partial charge >= 0.3 is 0 Å². The fraction of sp³-hybridized carbons (Fsp3) is 0.409. The maximum atomic E-state index is 13.8. The van der Waals surface area contributed by atoms with E-state index < -0.39 is 5.82 Å². The van der Waals surface area contributed by atoms with E-state index in [4.69, 9.17) is 4.74 Å². The van der Waals surface area contributed by atoms with Crippen molar-refractivity contribution >= 4 is 11.6 Å². The number of rotatable bonds is 5. The molecule has 1 saturated heterocycles. The molecule has 1 aliphatic rings. The number of benzene rings is 2. The number of amides is 1. The van der Waals surface area contributed by atoms with Crippen molar-refractivity contribution in [3.8, 4) is 5.75 Å². The average molecular weight is 370 g/mol. The molecule has 3 rings (SSSR count). The second kappa shape index (κ2) is 8.42. The Hall–Kier alpha value is -2.56. The molecule has 2 aromatic rings. The number of carbonyl (C=O) groups is 1. The normalized spacial score (nSPS) is 18.1. The van der Waals surface area contributed by atoms with Crippen LogP contribution < -0.4 is 15.0 Å². The number of nitrogens with one attached hydrogen (secondary N) is 1. The van der Waals surface area contributed by atoms with E-state index in [0.717, 1.165) is 24.6 Å². The zero-order valence-electron chi connectivity index (χ0n) is 16.2. The van der Waals surface area contributed by atoms with Crippen LogP contribution in [0.4, 0.5) is 10.1 Å². The molecule has 1 fully saturated rings. The highest BCUT2D eigenvalue weighted by atomic mass is 19.1.